The van der Waals surface area contributed by atoms with Crippen LogP contribution >= 0.6 is 11.3 Å². The molecule has 8 heteroatoms. The number of aromatic nitrogens is 3. The van der Waals surface area contributed by atoms with Crippen LogP contribution in [0.25, 0.3) is 10.2 Å². The number of carbonyl (C=O) groups is 2. The third-order valence-electron chi connectivity index (χ3n) is 7.04. The van der Waals surface area contributed by atoms with E-state index >= 15 is 0 Å². The van der Waals surface area contributed by atoms with Crippen LogP contribution in [0.2, 0.25) is 0 Å². The number of hydrogen-bond donors (Lipinski definition) is 0. The molecule has 0 saturated heterocycles. The van der Waals surface area contributed by atoms with Gasteiger partial charge in [0.25, 0.3) is 17.4 Å². The first-order chi connectivity index (χ1) is 15.8. The zero-order chi connectivity index (χ0) is 23.3. The Bertz CT molecular complexity index is 1280. The van der Waals surface area contributed by atoms with Crippen LogP contribution in [0.5, 0.6) is 0 Å². The van der Waals surface area contributed by atoms with E-state index in [1.807, 2.05) is 0 Å². The van der Waals surface area contributed by atoms with E-state index in [0.717, 1.165) is 35.0 Å². The molecule has 1 atom stereocenters. The van der Waals surface area contributed by atoms with Crippen LogP contribution in [0, 0.1) is 11.3 Å². The average Bonchev–Trinajstić information content (AvgIpc) is 3.28. The van der Waals surface area contributed by atoms with Crippen molar-refractivity contribution in [3.8, 4) is 0 Å². The molecule has 0 fully saturated rings. The third kappa shape index (κ3) is 3.80. The Morgan fingerprint density at radius 3 is 2.36 bits per heavy atom. The third-order valence-corrected chi connectivity index (χ3v) is 8.18. The molecule has 5 rings (SSSR count). The fraction of sp³-hybridized carbons (Fsp3) is 0.480. The largest absolute Gasteiger partial charge is 0.278 e. The normalized spacial score (nSPS) is 18.2. The predicted octanol–water partition coefficient (Wildman–Crippen LogP) is 4.08. The van der Waals surface area contributed by atoms with Gasteiger partial charge < -0.3 is 0 Å². The summed E-state index contributed by atoms with van der Waals surface area (Å²) in [6.07, 6.45) is 4.24. The van der Waals surface area contributed by atoms with Crippen molar-refractivity contribution in [2.24, 2.45) is 11.3 Å². The molecule has 1 unspecified atom stereocenters. The second-order valence-corrected chi connectivity index (χ2v) is 11.2. The van der Waals surface area contributed by atoms with E-state index < -0.39 is 0 Å². The maximum absolute atomic E-state index is 13.2. The predicted molar refractivity (Wildman–Crippen MR) is 128 cm³/mol. The summed E-state index contributed by atoms with van der Waals surface area (Å²) in [7, 11) is 0. The summed E-state index contributed by atoms with van der Waals surface area (Å²) in [4.78, 5) is 41.5. The Morgan fingerprint density at radius 2 is 1.70 bits per heavy atom. The maximum atomic E-state index is 13.2. The minimum Gasteiger partial charge on any atom is -0.274 e. The molecule has 7 nitrogen and oxygen atoms in total. The van der Waals surface area contributed by atoms with Crippen LogP contribution in [-0.4, -0.2) is 38.3 Å². The molecule has 2 aromatic heterocycles. The average molecular weight is 465 g/mol. The number of carbonyl (C=O) groups excluding carboxylic acids is 2. The van der Waals surface area contributed by atoms with Crippen molar-refractivity contribution in [2.45, 2.75) is 59.4 Å². The first-order valence-electron chi connectivity index (χ1n) is 11.6. The van der Waals surface area contributed by atoms with E-state index in [1.54, 1.807) is 35.6 Å². The van der Waals surface area contributed by atoms with Crippen molar-refractivity contribution in [3.05, 3.63) is 56.2 Å². The first kappa shape index (κ1) is 21.9. The van der Waals surface area contributed by atoms with Gasteiger partial charge in [0, 0.05) is 18.0 Å². The fourth-order valence-electron chi connectivity index (χ4n) is 4.99. The molecule has 33 heavy (non-hydrogen) atoms. The quantitative estimate of drug-likeness (QED) is 0.420. The SMILES string of the molecule is CC(C)(C)C1CCc2c(sc3nnn(CCCCN4C(=O)c5ccccc5C4=O)c(=O)c23)C1. The summed E-state index contributed by atoms with van der Waals surface area (Å²) >= 11 is 1.61. The van der Waals surface area contributed by atoms with Gasteiger partial charge >= 0.3 is 0 Å². The van der Waals surface area contributed by atoms with E-state index in [9.17, 15) is 14.4 Å². The number of aryl methyl sites for hydroxylation is 2. The summed E-state index contributed by atoms with van der Waals surface area (Å²) in [6, 6.07) is 6.90. The smallest absolute Gasteiger partial charge is 0.274 e. The van der Waals surface area contributed by atoms with Gasteiger partial charge in [0.15, 0.2) is 4.83 Å². The van der Waals surface area contributed by atoms with Gasteiger partial charge in [-0.2, -0.15) is 0 Å². The molecule has 172 valence electrons. The molecule has 2 aliphatic rings. The Kier molecular flexibility index (Phi) is 5.43. The van der Waals surface area contributed by atoms with Gasteiger partial charge in [-0.3, -0.25) is 19.3 Å². The molecule has 2 amide bonds. The van der Waals surface area contributed by atoms with E-state index in [-0.39, 0.29) is 22.8 Å². The first-order valence-corrected chi connectivity index (χ1v) is 12.4. The van der Waals surface area contributed by atoms with Crippen molar-refractivity contribution in [2.75, 3.05) is 6.54 Å². The molecule has 0 spiro atoms. The number of amides is 2. The highest BCUT2D eigenvalue weighted by molar-refractivity contribution is 7.18. The highest BCUT2D eigenvalue weighted by Gasteiger charge is 2.34. The number of unbranched alkanes of at least 4 members (excludes halogenated alkanes) is 1. The monoisotopic (exact) mass is 464 g/mol. The number of fused-ring (bicyclic) bond motifs is 4. The lowest BCUT2D eigenvalue weighted by Gasteiger charge is -2.33. The van der Waals surface area contributed by atoms with Crippen LogP contribution in [-0.2, 0) is 19.4 Å². The van der Waals surface area contributed by atoms with Crippen LogP contribution < -0.4 is 5.56 Å². The van der Waals surface area contributed by atoms with Gasteiger partial charge in [-0.1, -0.05) is 38.1 Å². The molecule has 0 radical (unpaired) electrons. The lowest BCUT2D eigenvalue weighted by Crippen LogP contribution is -2.31. The van der Waals surface area contributed by atoms with E-state index in [0.29, 0.717) is 43.0 Å². The fourth-order valence-corrected chi connectivity index (χ4v) is 6.22. The molecule has 1 aromatic carbocycles. The molecular formula is C25H28N4O3S. The highest BCUT2D eigenvalue weighted by Crippen LogP contribution is 2.41. The minimum atomic E-state index is -0.243. The summed E-state index contributed by atoms with van der Waals surface area (Å²) in [5.74, 6) is 0.121. The lowest BCUT2D eigenvalue weighted by molar-refractivity contribution is 0.0651. The zero-order valence-electron chi connectivity index (χ0n) is 19.3. The molecule has 1 aliphatic heterocycles. The summed E-state index contributed by atoms with van der Waals surface area (Å²) < 4.78 is 1.44. The van der Waals surface area contributed by atoms with Crippen LogP contribution in [0.1, 0.15) is 71.2 Å². The number of benzene rings is 1. The highest BCUT2D eigenvalue weighted by atomic mass is 32.1. The van der Waals surface area contributed by atoms with Gasteiger partial charge in [0.05, 0.1) is 16.5 Å². The molecule has 0 N–H and O–H groups in total. The molecule has 1 aliphatic carbocycles. The van der Waals surface area contributed by atoms with Crippen LogP contribution in [0.3, 0.4) is 0 Å². The van der Waals surface area contributed by atoms with Gasteiger partial charge in [0.1, 0.15) is 0 Å². The molecule has 0 bridgehead atoms. The van der Waals surface area contributed by atoms with Crippen molar-refractivity contribution < 1.29 is 9.59 Å². The Balaban J connectivity index is 1.26. The summed E-state index contributed by atoms with van der Waals surface area (Å²) in [5.41, 5.74) is 2.26. The van der Waals surface area contributed by atoms with Crippen molar-refractivity contribution in [1.29, 1.82) is 0 Å². The standard InChI is InChI=1S/C25H28N4O3S/c1-25(2,3)15-10-11-18-19(14-15)33-21-20(18)24(32)29(27-26-21)13-7-6-12-28-22(30)16-8-4-5-9-17(16)23(28)31/h4-5,8-9,15H,6-7,10-14H2,1-3H3. The zero-order valence-corrected chi connectivity index (χ0v) is 20.1. The molecule has 3 aromatic rings. The van der Waals surface area contributed by atoms with Crippen LogP contribution in [0.15, 0.2) is 29.1 Å². The van der Waals surface area contributed by atoms with Gasteiger partial charge in [-0.15, -0.1) is 16.4 Å². The number of hydrogen-bond acceptors (Lipinski definition) is 6. The second kappa shape index (κ2) is 8.17. The van der Waals surface area contributed by atoms with Crippen molar-refractivity contribution in [3.63, 3.8) is 0 Å². The number of rotatable bonds is 5. The van der Waals surface area contributed by atoms with Gasteiger partial charge in [0.2, 0.25) is 0 Å². The molecular weight excluding hydrogens is 436 g/mol. The number of imide groups is 1. The van der Waals surface area contributed by atoms with E-state index in [1.165, 1.54) is 14.5 Å². The topological polar surface area (TPSA) is 85.2 Å². The molecule has 3 heterocycles. The van der Waals surface area contributed by atoms with Gasteiger partial charge in [-0.05, 0) is 61.1 Å². The lowest BCUT2D eigenvalue weighted by atomic mass is 9.72. The summed E-state index contributed by atoms with van der Waals surface area (Å²) in [6.45, 7) is 7.60. The van der Waals surface area contributed by atoms with Crippen molar-refractivity contribution >= 4 is 33.4 Å². The number of nitrogens with zero attached hydrogens (tertiary/aromatic N) is 4. The Morgan fingerprint density at radius 1 is 1.03 bits per heavy atom. The maximum Gasteiger partial charge on any atom is 0.278 e. The van der Waals surface area contributed by atoms with Gasteiger partial charge in [-0.25, -0.2) is 4.68 Å². The minimum absolute atomic E-state index is 0.0764. The number of thiophene rings is 1. The Labute approximate surface area is 196 Å². The van der Waals surface area contributed by atoms with Crippen molar-refractivity contribution in [1.82, 2.24) is 19.9 Å². The molecule has 0 saturated carbocycles. The Hall–Kier alpha value is -2.87. The van der Waals surface area contributed by atoms with Crippen LogP contribution in [0.4, 0.5) is 0 Å². The van der Waals surface area contributed by atoms with E-state index in [4.69, 9.17) is 0 Å². The van der Waals surface area contributed by atoms with E-state index in [2.05, 4.69) is 31.1 Å². The second-order valence-electron chi connectivity index (χ2n) is 10.1. The summed E-state index contributed by atoms with van der Waals surface area (Å²) in [5, 5.41) is 9.25.